The Labute approximate surface area is 107 Å². The first-order valence-corrected chi connectivity index (χ1v) is 6.18. The highest BCUT2D eigenvalue weighted by Crippen LogP contribution is 2.17. The van der Waals surface area contributed by atoms with Crippen LogP contribution >= 0.6 is 11.6 Å². The number of anilines is 1. The van der Waals surface area contributed by atoms with E-state index in [1.807, 2.05) is 6.07 Å². The van der Waals surface area contributed by atoms with E-state index in [4.69, 9.17) is 16.3 Å². The minimum Gasteiger partial charge on any atom is -0.377 e. The summed E-state index contributed by atoms with van der Waals surface area (Å²) in [6.07, 6.45) is 0. The lowest BCUT2D eigenvalue weighted by atomic mass is 10.2. The van der Waals surface area contributed by atoms with Gasteiger partial charge in [-0.3, -0.25) is 0 Å². The number of ether oxygens (including phenoxy) is 1. The van der Waals surface area contributed by atoms with Gasteiger partial charge in [-0.25, -0.2) is 9.89 Å². The third-order valence-corrected chi connectivity index (χ3v) is 3.32. The second-order valence-corrected chi connectivity index (χ2v) is 4.38. The molecule has 3 heterocycles. The highest BCUT2D eigenvalue weighted by molar-refractivity contribution is 6.18. The van der Waals surface area contributed by atoms with Crippen LogP contribution in [0.15, 0.2) is 16.9 Å². The lowest BCUT2D eigenvalue weighted by Crippen LogP contribution is -2.47. The molecule has 0 aliphatic carbocycles. The zero-order valence-corrected chi connectivity index (χ0v) is 10.3. The number of morpholine rings is 1. The maximum Gasteiger partial charge on any atom is 0.364 e. The SMILES string of the molecule is O=c1[nH]nc2ccc(N3CCOCC3CCl)nn12. The smallest absolute Gasteiger partial charge is 0.364 e. The topological polar surface area (TPSA) is 75.5 Å². The molecule has 96 valence electrons. The normalized spacial score (nSPS) is 20.5. The number of nitrogens with one attached hydrogen (secondary N) is 1. The molecule has 0 saturated carbocycles. The number of H-pyrrole nitrogens is 1. The predicted octanol–water partition coefficient (Wildman–Crippen LogP) is -0.138. The molecule has 0 amide bonds. The van der Waals surface area contributed by atoms with E-state index in [1.54, 1.807) is 6.07 Å². The Morgan fingerprint density at radius 2 is 2.44 bits per heavy atom. The lowest BCUT2D eigenvalue weighted by molar-refractivity contribution is 0.0993. The number of aromatic amines is 1. The van der Waals surface area contributed by atoms with Gasteiger partial charge in [0.15, 0.2) is 5.65 Å². The number of hydrogen-bond acceptors (Lipinski definition) is 5. The molecular weight excluding hydrogens is 258 g/mol. The lowest BCUT2D eigenvalue weighted by Gasteiger charge is -2.35. The Morgan fingerprint density at radius 1 is 1.56 bits per heavy atom. The monoisotopic (exact) mass is 269 g/mol. The second-order valence-electron chi connectivity index (χ2n) is 4.07. The quantitative estimate of drug-likeness (QED) is 0.768. The fourth-order valence-electron chi connectivity index (χ4n) is 2.03. The summed E-state index contributed by atoms with van der Waals surface area (Å²) >= 11 is 5.92. The average molecular weight is 270 g/mol. The van der Waals surface area contributed by atoms with E-state index in [0.717, 1.165) is 0 Å². The Morgan fingerprint density at radius 3 is 3.28 bits per heavy atom. The molecule has 18 heavy (non-hydrogen) atoms. The number of halogens is 1. The Balaban J connectivity index is 2.01. The molecule has 1 aliphatic rings. The molecule has 7 nitrogen and oxygen atoms in total. The number of aromatic nitrogens is 4. The molecule has 1 aliphatic heterocycles. The number of hydrogen-bond donors (Lipinski definition) is 1. The van der Waals surface area contributed by atoms with Crippen LogP contribution in [0.4, 0.5) is 5.82 Å². The fourth-order valence-corrected chi connectivity index (χ4v) is 2.29. The third kappa shape index (κ3) is 1.85. The Bertz CT molecular complexity index is 610. The minimum atomic E-state index is -0.345. The van der Waals surface area contributed by atoms with Gasteiger partial charge in [0.2, 0.25) is 0 Å². The summed E-state index contributed by atoms with van der Waals surface area (Å²) in [5.74, 6) is 1.17. The zero-order chi connectivity index (χ0) is 12.5. The molecule has 1 atom stereocenters. The van der Waals surface area contributed by atoms with E-state index >= 15 is 0 Å². The zero-order valence-electron chi connectivity index (χ0n) is 9.54. The van der Waals surface area contributed by atoms with Gasteiger partial charge in [0.25, 0.3) is 0 Å². The minimum absolute atomic E-state index is 0.0768. The first-order valence-electron chi connectivity index (χ1n) is 5.64. The van der Waals surface area contributed by atoms with Crippen LogP contribution in [0, 0.1) is 0 Å². The van der Waals surface area contributed by atoms with Gasteiger partial charge in [0.1, 0.15) is 5.82 Å². The second kappa shape index (κ2) is 4.58. The first kappa shape index (κ1) is 11.5. The van der Waals surface area contributed by atoms with Crippen LogP contribution in [-0.4, -0.2) is 51.5 Å². The molecule has 0 aromatic carbocycles. The van der Waals surface area contributed by atoms with Crippen molar-refractivity contribution >= 4 is 23.1 Å². The van der Waals surface area contributed by atoms with Crippen molar-refractivity contribution in [3.8, 4) is 0 Å². The molecule has 2 aromatic rings. The van der Waals surface area contributed by atoms with Crippen molar-refractivity contribution in [1.82, 2.24) is 19.8 Å². The van der Waals surface area contributed by atoms with Gasteiger partial charge in [-0.2, -0.15) is 9.61 Å². The standard InChI is InChI=1S/C10H12ClN5O2/c11-5-7-6-18-4-3-15(7)9-2-1-8-12-13-10(17)16(8)14-9/h1-2,7H,3-6H2,(H,13,17). The molecular formula is C10H12ClN5O2. The predicted molar refractivity (Wildman–Crippen MR) is 66.3 cm³/mol. The van der Waals surface area contributed by atoms with Gasteiger partial charge in [-0.15, -0.1) is 16.7 Å². The molecule has 0 spiro atoms. The molecule has 1 unspecified atom stereocenters. The highest BCUT2D eigenvalue weighted by Gasteiger charge is 2.23. The summed E-state index contributed by atoms with van der Waals surface area (Å²) in [7, 11) is 0. The number of nitrogens with zero attached hydrogens (tertiary/aromatic N) is 4. The van der Waals surface area contributed by atoms with Crippen LogP contribution in [0.5, 0.6) is 0 Å². The summed E-state index contributed by atoms with van der Waals surface area (Å²) in [5, 5.41) is 10.5. The van der Waals surface area contributed by atoms with Crippen molar-refractivity contribution in [3.63, 3.8) is 0 Å². The van der Waals surface area contributed by atoms with Crippen molar-refractivity contribution in [2.24, 2.45) is 0 Å². The number of alkyl halides is 1. The van der Waals surface area contributed by atoms with Gasteiger partial charge < -0.3 is 9.64 Å². The first-order chi connectivity index (χ1) is 8.79. The molecule has 2 aromatic heterocycles. The van der Waals surface area contributed by atoms with Crippen LogP contribution in [0.25, 0.3) is 5.65 Å². The molecule has 0 bridgehead atoms. The summed E-state index contributed by atoms with van der Waals surface area (Å²) in [6, 6.07) is 3.66. The Hall–Kier alpha value is -1.60. The van der Waals surface area contributed by atoms with E-state index in [9.17, 15) is 4.79 Å². The van der Waals surface area contributed by atoms with Crippen LogP contribution in [0.1, 0.15) is 0 Å². The van der Waals surface area contributed by atoms with Crippen molar-refractivity contribution < 1.29 is 4.74 Å². The molecule has 1 N–H and O–H groups in total. The van der Waals surface area contributed by atoms with E-state index in [1.165, 1.54) is 4.52 Å². The highest BCUT2D eigenvalue weighted by atomic mass is 35.5. The van der Waals surface area contributed by atoms with Crippen LogP contribution in [0.2, 0.25) is 0 Å². The van der Waals surface area contributed by atoms with E-state index in [-0.39, 0.29) is 11.7 Å². The summed E-state index contributed by atoms with van der Waals surface area (Å²) in [4.78, 5) is 13.5. The fraction of sp³-hybridized carbons (Fsp3) is 0.500. The maximum atomic E-state index is 11.5. The van der Waals surface area contributed by atoms with Gasteiger partial charge in [0.05, 0.1) is 19.3 Å². The molecule has 1 fully saturated rings. The molecule has 3 rings (SSSR count). The maximum absolute atomic E-state index is 11.5. The van der Waals surface area contributed by atoms with Crippen molar-refractivity contribution in [2.45, 2.75) is 6.04 Å². The summed E-state index contributed by atoms with van der Waals surface area (Å²) < 4.78 is 6.63. The van der Waals surface area contributed by atoms with Gasteiger partial charge >= 0.3 is 5.69 Å². The van der Waals surface area contributed by atoms with Crippen LogP contribution in [-0.2, 0) is 4.74 Å². The molecule has 1 saturated heterocycles. The van der Waals surface area contributed by atoms with E-state index in [2.05, 4.69) is 20.2 Å². The van der Waals surface area contributed by atoms with Crippen molar-refractivity contribution in [2.75, 3.05) is 30.5 Å². The largest absolute Gasteiger partial charge is 0.377 e. The van der Waals surface area contributed by atoms with Gasteiger partial charge in [-0.05, 0) is 12.1 Å². The van der Waals surface area contributed by atoms with Crippen molar-refractivity contribution in [3.05, 3.63) is 22.6 Å². The summed E-state index contributed by atoms with van der Waals surface area (Å²) in [6.45, 7) is 1.92. The van der Waals surface area contributed by atoms with Crippen molar-refractivity contribution in [1.29, 1.82) is 0 Å². The summed E-state index contributed by atoms with van der Waals surface area (Å²) in [5.41, 5.74) is 0.155. The molecule has 0 radical (unpaired) electrons. The number of fused-ring (bicyclic) bond motifs is 1. The average Bonchev–Trinajstić information content (AvgIpc) is 2.80. The third-order valence-electron chi connectivity index (χ3n) is 2.96. The van der Waals surface area contributed by atoms with Crippen LogP contribution < -0.4 is 10.6 Å². The van der Waals surface area contributed by atoms with E-state index < -0.39 is 0 Å². The van der Waals surface area contributed by atoms with Crippen LogP contribution in [0.3, 0.4) is 0 Å². The van der Waals surface area contributed by atoms with Gasteiger partial charge in [-0.1, -0.05) is 0 Å². The van der Waals surface area contributed by atoms with Gasteiger partial charge in [0, 0.05) is 12.4 Å². The Kier molecular flexibility index (Phi) is 2.92. The van der Waals surface area contributed by atoms with E-state index in [0.29, 0.717) is 37.1 Å². The number of rotatable bonds is 2. The molecule has 8 heteroatoms.